The number of halogens is 1. The first-order chi connectivity index (χ1) is 7.97. The molecule has 0 saturated carbocycles. The Labute approximate surface area is 102 Å². The van der Waals surface area contributed by atoms with Gasteiger partial charge < -0.3 is 15.3 Å². The highest BCUT2D eigenvalue weighted by Crippen LogP contribution is 2.23. The number of hydrogen-bond donors (Lipinski definition) is 3. The molecule has 1 rings (SSSR count). The van der Waals surface area contributed by atoms with Gasteiger partial charge in [-0.25, -0.2) is 9.78 Å². The van der Waals surface area contributed by atoms with Gasteiger partial charge in [0.05, 0.1) is 18.6 Å². The second-order valence-corrected chi connectivity index (χ2v) is 3.64. The molecular weight excluding hydrogens is 248 g/mol. The number of aromatic carboxylic acids is 1. The van der Waals surface area contributed by atoms with Crippen molar-refractivity contribution in [3.05, 3.63) is 28.5 Å². The fourth-order valence-corrected chi connectivity index (χ4v) is 1.42. The standard InChI is InChI=1S/C10H9ClN2O4/c11-7-2-1-5(8(13-7)10(16)17)9(15)6(14)3-4-12/h1-2,6,9,14-15H,3H2,(H,16,17). The van der Waals surface area contributed by atoms with Gasteiger partial charge in [0.25, 0.3) is 0 Å². The predicted molar refractivity (Wildman–Crippen MR) is 57.4 cm³/mol. The number of carbonyl (C=O) groups is 1. The topological polar surface area (TPSA) is 114 Å². The lowest BCUT2D eigenvalue weighted by atomic mass is 10.0. The maximum absolute atomic E-state index is 10.9. The van der Waals surface area contributed by atoms with Crippen LogP contribution in [0.1, 0.15) is 28.6 Å². The van der Waals surface area contributed by atoms with E-state index in [-0.39, 0.29) is 17.1 Å². The van der Waals surface area contributed by atoms with E-state index in [4.69, 9.17) is 22.0 Å². The van der Waals surface area contributed by atoms with Crippen LogP contribution in [0.4, 0.5) is 0 Å². The summed E-state index contributed by atoms with van der Waals surface area (Å²) >= 11 is 5.54. The highest BCUT2D eigenvalue weighted by atomic mass is 35.5. The number of aliphatic hydroxyl groups is 2. The molecule has 0 amide bonds. The predicted octanol–water partition coefficient (Wildman–Crippen LogP) is 0.741. The molecule has 0 spiro atoms. The minimum atomic E-state index is -1.49. The molecule has 90 valence electrons. The molecule has 1 aromatic rings. The van der Waals surface area contributed by atoms with Gasteiger partial charge in [-0.2, -0.15) is 5.26 Å². The summed E-state index contributed by atoms with van der Waals surface area (Å²) < 4.78 is 0. The zero-order chi connectivity index (χ0) is 13.0. The largest absolute Gasteiger partial charge is 0.476 e. The summed E-state index contributed by atoms with van der Waals surface area (Å²) in [6, 6.07) is 4.23. The third-order valence-electron chi connectivity index (χ3n) is 2.08. The van der Waals surface area contributed by atoms with Gasteiger partial charge in [0.2, 0.25) is 0 Å². The molecule has 2 atom stereocenters. The van der Waals surface area contributed by atoms with Crippen molar-refractivity contribution in [2.45, 2.75) is 18.6 Å². The average Bonchev–Trinajstić information content (AvgIpc) is 2.28. The molecule has 0 bridgehead atoms. The number of hydrogen-bond acceptors (Lipinski definition) is 5. The molecule has 0 radical (unpaired) electrons. The van der Waals surface area contributed by atoms with E-state index >= 15 is 0 Å². The molecule has 0 saturated heterocycles. The number of nitrogens with zero attached hydrogens (tertiary/aromatic N) is 2. The van der Waals surface area contributed by atoms with Gasteiger partial charge in [0.1, 0.15) is 11.3 Å². The molecule has 6 nitrogen and oxygen atoms in total. The Hall–Kier alpha value is -1.68. The number of carboxylic acids is 1. The van der Waals surface area contributed by atoms with Crippen LogP contribution in [0.3, 0.4) is 0 Å². The Morgan fingerprint density at radius 1 is 1.53 bits per heavy atom. The van der Waals surface area contributed by atoms with Crippen LogP contribution in [0.2, 0.25) is 5.15 Å². The Kier molecular flexibility index (Phi) is 4.40. The van der Waals surface area contributed by atoms with Crippen LogP contribution in [0.5, 0.6) is 0 Å². The first-order valence-corrected chi connectivity index (χ1v) is 4.98. The zero-order valence-corrected chi connectivity index (χ0v) is 9.29. The summed E-state index contributed by atoms with van der Waals surface area (Å²) in [6.07, 6.45) is -3.19. The number of nitriles is 1. The first kappa shape index (κ1) is 13.4. The Morgan fingerprint density at radius 2 is 2.18 bits per heavy atom. The normalized spacial score (nSPS) is 13.8. The lowest BCUT2D eigenvalue weighted by Crippen LogP contribution is -2.21. The summed E-state index contributed by atoms with van der Waals surface area (Å²) in [5.74, 6) is -1.37. The minimum Gasteiger partial charge on any atom is -0.476 e. The van der Waals surface area contributed by atoms with Crippen LogP contribution in [-0.2, 0) is 0 Å². The molecular formula is C10H9ClN2O4. The van der Waals surface area contributed by atoms with Crippen molar-refractivity contribution in [2.75, 3.05) is 0 Å². The smallest absolute Gasteiger partial charge is 0.354 e. The summed E-state index contributed by atoms with van der Waals surface area (Å²) in [7, 11) is 0. The fourth-order valence-electron chi connectivity index (χ4n) is 1.27. The van der Waals surface area contributed by atoms with Gasteiger partial charge in [-0.15, -0.1) is 0 Å². The Bertz CT molecular complexity index is 472. The van der Waals surface area contributed by atoms with Crippen LogP contribution >= 0.6 is 11.6 Å². The van der Waals surface area contributed by atoms with Crippen molar-refractivity contribution in [2.24, 2.45) is 0 Å². The molecule has 2 unspecified atom stereocenters. The highest BCUT2D eigenvalue weighted by Gasteiger charge is 2.24. The van der Waals surface area contributed by atoms with Crippen LogP contribution < -0.4 is 0 Å². The second-order valence-electron chi connectivity index (χ2n) is 3.25. The molecule has 7 heteroatoms. The lowest BCUT2D eigenvalue weighted by Gasteiger charge is -2.16. The van der Waals surface area contributed by atoms with E-state index in [9.17, 15) is 15.0 Å². The molecule has 1 aromatic heterocycles. The van der Waals surface area contributed by atoms with Crippen LogP contribution in [0.25, 0.3) is 0 Å². The van der Waals surface area contributed by atoms with E-state index in [1.165, 1.54) is 12.1 Å². The van der Waals surface area contributed by atoms with E-state index in [1.807, 2.05) is 0 Å². The average molecular weight is 257 g/mol. The van der Waals surface area contributed by atoms with Gasteiger partial charge in [-0.3, -0.25) is 0 Å². The van der Waals surface area contributed by atoms with Crippen LogP contribution in [0.15, 0.2) is 12.1 Å². The summed E-state index contributed by atoms with van der Waals surface area (Å²) in [5, 5.41) is 36.3. The van der Waals surface area contributed by atoms with Gasteiger partial charge in [0, 0.05) is 5.56 Å². The molecule has 17 heavy (non-hydrogen) atoms. The summed E-state index contributed by atoms with van der Waals surface area (Å²) in [4.78, 5) is 14.4. The van der Waals surface area contributed by atoms with Crippen LogP contribution in [0, 0.1) is 11.3 Å². The van der Waals surface area contributed by atoms with Crippen molar-refractivity contribution >= 4 is 17.6 Å². The molecule has 0 aromatic carbocycles. The number of pyridine rings is 1. The van der Waals surface area contributed by atoms with Gasteiger partial charge in [-0.05, 0) is 6.07 Å². The van der Waals surface area contributed by atoms with E-state index in [0.29, 0.717) is 0 Å². The number of aromatic nitrogens is 1. The van der Waals surface area contributed by atoms with Crippen molar-refractivity contribution in [3.8, 4) is 6.07 Å². The van der Waals surface area contributed by atoms with Gasteiger partial charge in [-0.1, -0.05) is 17.7 Å². The first-order valence-electron chi connectivity index (χ1n) is 4.60. The summed E-state index contributed by atoms with van der Waals surface area (Å²) in [5.41, 5.74) is -0.522. The SMILES string of the molecule is N#CCC(O)C(O)c1ccc(Cl)nc1C(=O)O. The quantitative estimate of drug-likeness (QED) is 0.685. The third kappa shape index (κ3) is 3.14. The molecule has 0 aliphatic carbocycles. The van der Waals surface area contributed by atoms with Crippen molar-refractivity contribution < 1.29 is 20.1 Å². The van der Waals surface area contributed by atoms with Gasteiger partial charge in [0.15, 0.2) is 5.69 Å². The molecule has 0 aliphatic heterocycles. The fraction of sp³-hybridized carbons (Fsp3) is 0.300. The molecule has 0 aliphatic rings. The van der Waals surface area contributed by atoms with Crippen molar-refractivity contribution in [3.63, 3.8) is 0 Å². The maximum Gasteiger partial charge on any atom is 0.354 e. The Balaban J connectivity index is 3.13. The molecule has 1 heterocycles. The zero-order valence-electron chi connectivity index (χ0n) is 8.54. The lowest BCUT2D eigenvalue weighted by molar-refractivity contribution is 0.0202. The number of rotatable bonds is 4. The molecule has 0 fully saturated rings. The highest BCUT2D eigenvalue weighted by molar-refractivity contribution is 6.29. The second kappa shape index (κ2) is 5.59. The number of aliphatic hydroxyl groups excluding tert-OH is 2. The minimum absolute atomic E-state index is 0.0341. The van der Waals surface area contributed by atoms with E-state index in [1.54, 1.807) is 6.07 Å². The van der Waals surface area contributed by atoms with E-state index in [2.05, 4.69) is 4.98 Å². The third-order valence-corrected chi connectivity index (χ3v) is 2.29. The molecule has 3 N–H and O–H groups in total. The van der Waals surface area contributed by atoms with Gasteiger partial charge >= 0.3 is 5.97 Å². The Morgan fingerprint density at radius 3 is 2.71 bits per heavy atom. The van der Waals surface area contributed by atoms with E-state index < -0.39 is 23.9 Å². The number of carboxylic acid groups (broad SMARTS) is 1. The van der Waals surface area contributed by atoms with Crippen LogP contribution in [-0.4, -0.2) is 32.4 Å². The summed E-state index contributed by atoms with van der Waals surface area (Å²) in [6.45, 7) is 0. The maximum atomic E-state index is 10.9. The van der Waals surface area contributed by atoms with Crippen molar-refractivity contribution in [1.82, 2.24) is 4.98 Å². The monoisotopic (exact) mass is 256 g/mol. The van der Waals surface area contributed by atoms with Crippen molar-refractivity contribution in [1.29, 1.82) is 5.26 Å². The van der Waals surface area contributed by atoms with E-state index in [0.717, 1.165) is 0 Å².